The summed E-state index contributed by atoms with van der Waals surface area (Å²) in [6.45, 7) is 2.11. The molecule has 0 saturated heterocycles. The van der Waals surface area contributed by atoms with E-state index < -0.39 is 0 Å². The maximum absolute atomic E-state index is 3.58. The van der Waals surface area contributed by atoms with Crippen LogP contribution in [-0.4, -0.2) is 0 Å². The van der Waals surface area contributed by atoms with Crippen LogP contribution >= 0.6 is 0 Å². The van der Waals surface area contributed by atoms with Crippen LogP contribution in [0.4, 0.5) is 11.4 Å². The third-order valence-electron chi connectivity index (χ3n) is 4.07. The van der Waals surface area contributed by atoms with E-state index in [-0.39, 0.29) is 0 Å². The lowest BCUT2D eigenvalue weighted by Gasteiger charge is -2.13. The number of hydrogen-bond acceptors (Lipinski definition) is 1. The molecule has 0 aliphatic carbocycles. The van der Waals surface area contributed by atoms with Gasteiger partial charge in [-0.3, -0.25) is 0 Å². The van der Waals surface area contributed by atoms with Gasteiger partial charge in [-0.2, -0.15) is 0 Å². The molecule has 22 heavy (non-hydrogen) atoms. The summed E-state index contributed by atoms with van der Waals surface area (Å²) < 4.78 is 0. The Morgan fingerprint density at radius 3 is 2.18 bits per heavy atom. The Kier molecular flexibility index (Phi) is 3.05. The standard InChI is InChI=1S/C21H17N/c1-15-7-6-9-17(13-15)22-21-14-16-8-2-3-10-18(16)19-11-4-5-12-20(19)21/h2-14,22H,1H3. The molecule has 0 spiro atoms. The Bertz CT molecular complexity index is 970. The average Bonchev–Trinajstić information content (AvgIpc) is 2.55. The van der Waals surface area contributed by atoms with Crippen molar-refractivity contribution in [2.45, 2.75) is 6.92 Å². The zero-order chi connectivity index (χ0) is 14.9. The van der Waals surface area contributed by atoms with Crippen molar-refractivity contribution in [3.05, 3.63) is 84.4 Å². The van der Waals surface area contributed by atoms with Gasteiger partial charge in [0.25, 0.3) is 0 Å². The number of rotatable bonds is 2. The van der Waals surface area contributed by atoms with Crippen LogP contribution < -0.4 is 5.32 Å². The number of fused-ring (bicyclic) bond motifs is 3. The van der Waals surface area contributed by atoms with Crippen LogP contribution in [0, 0.1) is 6.92 Å². The van der Waals surface area contributed by atoms with E-state index in [1.807, 2.05) is 0 Å². The predicted molar refractivity (Wildman–Crippen MR) is 95.9 cm³/mol. The first-order chi connectivity index (χ1) is 10.8. The van der Waals surface area contributed by atoms with Crippen LogP contribution in [0.25, 0.3) is 21.5 Å². The highest BCUT2D eigenvalue weighted by molar-refractivity contribution is 6.13. The van der Waals surface area contributed by atoms with Gasteiger partial charge in [0.2, 0.25) is 0 Å². The fourth-order valence-corrected chi connectivity index (χ4v) is 3.04. The minimum atomic E-state index is 1.13. The zero-order valence-corrected chi connectivity index (χ0v) is 12.5. The number of aryl methyl sites for hydroxylation is 1. The van der Waals surface area contributed by atoms with E-state index in [4.69, 9.17) is 0 Å². The molecule has 0 atom stereocenters. The lowest BCUT2D eigenvalue weighted by molar-refractivity contribution is 1.46. The summed E-state index contributed by atoms with van der Waals surface area (Å²) in [5.41, 5.74) is 3.54. The lowest BCUT2D eigenvalue weighted by atomic mass is 10.00. The van der Waals surface area contributed by atoms with E-state index in [2.05, 4.69) is 91.1 Å². The summed E-state index contributed by atoms with van der Waals surface area (Å²) >= 11 is 0. The summed E-state index contributed by atoms with van der Waals surface area (Å²) in [5, 5.41) is 8.68. The van der Waals surface area contributed by atoms with Gasteiger partial charge in [0, 0.05) is 16.8 Å². The largest absolute Gasteiger partial charge is 0.355 e. The second-order valence-corrected chi connectivity index (χ2v) is 5.69. The van der Waals surface area contributed by atoms with E-state index in [9.17, 15) is 0 Å². The van der Waals surface area contributed by atoms with Crippen molar-refractivity contribution < 1.29 is 0 Å². The number of benzene rings is 4. The highest BCUT2D eigenvalue weighted by atomic mass is 14.9. The maximum Gasteiger partial charge on any atom is 0.0470 e. The highest BCUT2D eigenvalue weighted by Crippen LogP contribution is 2.33. The zero-order valence-electron chi connectivity index (χ0n) is 12.5. The first-order valence-corrected chi connectivity index (χ1v) is 7.55. The Labute approximate surface area is 130 Å². The van der Waals surface area contributed by atoms with Crippen molar-refractivity contribution in [1.82, 2.24) is 0 Å². The minimum absolute atomic E-state index is 1.13. The molecule has 0 aliphatic heterocycles. The molecule has 0 aromatic heterocycles. The second kappa shape index (κ2) is 5.19. The van der Waals surface area contributed by atoms with Crippen LogP contribution in [-0.2, 0) is 0 Å². The van der Waals surface area contributed by atoms with E-state index in [0.29, 0.717) is 0 Å². The number of hydrogen-bond donors (Lipinski definition) is 1. The summed E-state index contributed by atoms with van der Waals surface area (Å²) in [6, 6.07) is 27.8. The SMILES string of the molecule is Cc1cccc(Nc2cc3ccccc3c3ccccc23)c1. The Morgan fingerprint density at radius 1 is 0.636 bits per heavy atom. The number of nitrogens with one attached hydrogen (secondary N) is 1. The maximum atomic E-state index is 3.58. The predicted octanol–water partition coefficient (Wildman–Crippen LogP) is 6.05. The molecule has 0 amide bonds. The summed E-state index contributed by atoms with van der Waals surface area (Å²) in [6.07, 6.45) is 0. The van der Waals surface area contributed by atoms with Gasteiger partial charge in [-0.15, -0.1) is 0 Å². The fraction of sp³-hybridized carbons (Fsp3) is 0.0476. The first-order valence-electron chi connectivity index (χ1n) is 7.55. The molecule has 1 N–H and O–H groups in total. The smallest absolute Gasteiger partial charge is 0.0470 e. The van der Waals surface area contributed by atoms with Gasteiger partial charge in [0.1, 0.15) is 0 Å². The molecule has 0 aliphatic rings. The molecule has 1 heteroatoms. The monoisotopic (exact) mass is 283 g/mol. The van der Waals surface area contributed by atoms with Gasteiger partial charge in [0.15, 0.2) is 0 Å². The van der Waals surface area contributed by atoms with Gasteiger partial charge in [-0.1, -0.05) is 60.7 Å². The van der Waals surface area contributed by atoms with Crippen molar-refractivity contribution in [1.29, 1.82) is 0 Å². The third kappa shape index (κ3) is 2.21. The van der Waals surface area contributed by atoms with Gasteiger partial charge in [-0.05, 0) is 46.8 Å². The van der Waals surface area contributed by atoms with E-state index >= 15 is 0 Å². The Balaban J connectivity index is 1.95. The molecular weight excluding hydrogens is 266 g/mol. The molecule has 0 fully saturated rings. The normalized spacial score (nSPS) is 11.0. The van der Waals surface area contributed by atoms with E-state index in [0.717, 1.165) is 11.4 Å². The topological polar surface area (TPSA) is 12.0 Å². The molecule has 4 aromatic rings. The van der Waals surface area contributed by atoms with Crippen LogP contribution in [0.5, 0.6) is 0 Å². The Morgan fingerprint density at radius 2 is 1.36 bits per heavy atom. The van der Waals surface area contributed by atoms with E-state index in [1.54, 1.807) is 0 Å². The van der Waals surface area contributed by atoms with Gasteiger partial charge >= 0.3 is 0 Å². The van der Waals surface area contributed by atoms with Crippen molar-refractivity contribution in [3.8, 4) is 0 Å². The van der Waals surface area contributed by atoms with Crippen LogP contribution in [0.3, 0.4) is 0 Å². The molecule has 0 saturated carbocycles. The molecule has 0 heterocycles. The fourth-order valence-electron chi connectivity index (χ4n) is 3.04. The average molecular weight is 283 g/mol. The lowest BCUT2D eigenvalue weighted by Crippen LogP contribution is -1.92. The van der Waals surface area contributed by atoms with E-state index in [1.165, 1.54) is 27.1 Å². The summed E-state index contributed by atoms with van der Waals surface area (Å²) in [4.78, 5) is 0. The van der Waals surface area contributed by atoms with Gasteiger partial charge < -0.3 is 5.32 Å². The summed E-state index contributed by atoms with van der Waals surface area (Å²) in [7, 11) is 0. The molecule has 1 nitrogen and oxygen atoms in total. The van der Waals surface area contributed by atoms with Gasteiger partial charge in [0.05, 0.1) is 0 Å². The summed E-state index contributed by atoms with van der Waals surface area (Å²) in [5.74, 6) is 0. The van der Waals surface area contributed by atoms with Crippen molar-refractivity contribution in [3.63, 3.8) is 0 Å². The van der Waals surface area contributed by atoms with Crippen LogP contribution in [0.1, 0.15) is 5.56 Å². The molecule has 0 radical (unpaired) electrons. The van der Waals surface area contributed by atoms with Gasteiger partial charge in [-0.25, -0.2) is 0 Å². The second-order valence-electron chi connectivity index (χ2n) is 5.69. The minimum Gasteiger partial charge on any atom is -0.355 e. The third-order valence-corrected chi connectivity index (χ3v) is 4.07. The molecule has 4 rings (SSSR count). The van der Waals surface area contributed by atoms with Crippen molar-refractivity contribution in [2.24, 2.45) is 0 Å². The highest BCUT2D eigenvalue weighted by Gasteiger charge is 2.06. The molecule has 0 unspecified atom stereocenters. The molecule has 0 bridgehead atoms. The molecule has 4 aromatic carbocycles. The quantitative estimate of drug-likeness (QED) is 0.442. The van der Waals surface area contributed by atoms with Crippen LogP contribution in [0.15, 0.2) is 78.9 Å². The number of anilines is 2. The first kappa shape index (κ1) is 12.9. The van der Waals surface area contributed by atoms with Crippen LogP contribution in [0.2, 0.25) is 0 Å². The molecule has 106 valence electrons. The molecular formula is C21H17N. The van der Waals surface area contributed by atoms with Crippen molar-refractivity contribution in [2.75, 3.05) is 5.32 Å². The Hall–Kier alpha value is -2.80. The van der Waals surface area contributed by atoms with Crippen molar-refractivity contribution >= 4 is 32.9 Å².